The minimum absolute atomic E-state index is 0.277. The number of ether oxygens (including phenoxy) is 1. The number of thioether (sulfide) groups is 1. The molecule has 154 valence electrons. The number of benzene rings is 2. The van der Waals surface area contributed by atoms with Crippen molar-refractivity contribution in [3.8, 4) is 5.75 Å². The van der Waals surface area contributed by atoms with E-state index in [9.17, 15) is 14.4 Å². The Morgan fingerprint density at radius 1 is 1.13 bits per heavy atom. The monoisotopic (exact) mass is 422 g/mol. The quantitative estimate of drug-likeness (QED) is 0.524. The molecule has 2 aromatic rings. The third kappa shape index (κ3) is 4.99. The number of hydrogen-bond acceptors (Lipinski definition) is 5. The van der Waals surface area contributed by atoms with Crippen LogP contribution in [-0.4, -0.2) is 35.1 Å². The molecule has 1 saturated heterocycles. The topological polar surface area (TPSA) is 75.7 Å². The van der Waals surface area contributed by atoms with E-state index in [2.05, 4.69) is 11.9 Å². The summed E-state index contributed by atoms with van der Waals surface area (Å²) in [6, 6.07) is 12.8. The van der Waals surface area contributed by atoms with E-state index < -0.39 is 17.1 Å². The first-order valence-electron chi connectivity index (χ1n) is 9.34. The van der Waals surface area contributed by atoms with Crippen LogP contribution >= 0.6 is 11.8 Å². The standard InChI is InChI=1S/C23H22N2O4S/c1-4-12-29-18-10-8-17(9-11-18)13-19-22(27)25(23(28)30-19)14-20(26)24-21-15(2)6-5-7-16(21)3/h4-11,13H,1,12,14H2,2-3H3,(H,24,26)/b19-13+. The molecule has 0 saturated carbocycles. The fourth-order valence-corrected chi connectivity index (χ4v) is 3.78. The molecular weight excluding hydrogens is 400 g/mol. The fraction of sp³-hybridized carbons (Fsp3) is 0.174. The number of nitrogens with one attached hydrogen (secondary N) is 1. The van der Waals surface area contributed by atoms with Gasteiger partial charge in [0.15, 0.2) is 0 Å². The highest BCUT2D eigenvalue weighted by molar-refractivity contribution is 8.18. The maximum absolute atomic E-state index is 12.7. The van der Waals surface area contributed by atoms with Gasteiger partial charge >= 0.3 is 0 Å². The van der Waals surface area contributed by atoms with E-state index in [0.717, 1.165) is 33.4 Å². The molecule has 0 aromatic heterocycles. The van der Waals surface area contributed by atoms with Gasteiger partial charge < -0.3 is 10.1 Å². The van der Waals surface area contributed by atoms with Gasteiger partial charge in [-0.15, -0.1) is 0 Å². The summed E-state index contributed by atoms with van der Waals surface area (Å²) < 4.78 is 5.43. The SMILES string of the molecule is C=CCOc1ccc(/C=C2/SC(=O)N(CC(=O)Nc3c(C)cccc3C)C2=O)cc1. The normalized spacial score (nSPS) is 14.9. The largest absolute Gasteiger partial charge is 0.490 e. The molecular formula is C23H22N2O4S. The van der Waals surface area contributed by atoms with E-state index in [1.807, 2.05) is 32.0 Å². The van der Waals surface area contributed by atoms with E-state index in [1.54, 1.807) is 36.4 Å². The Kier molecular flexibility index (Phi) is 6.74. The molecule has 1 fully saturated rings. The van der Waals surface area contributed by atoms with E-state index in [1.165, 1.54) is 0 Å². The number of rotatable bonds is 7. The lowest BCUT2D eigenvalue weighted by Crippen LogP contribution is -2.36. The third-order valence-electron chi connectivity index (χ3n) is 4.47. The Bertz CT molecular complexity index is 1010. The number of amides is 3. The van der Waals surface area contributed by atoms with Crippen LogP contribution in [0, 0.1) is 13.8 Å². The molecule has 0 aliphatic carbocycles. The van der Waals surface area contributed by atoms with Gasteiger partial charge in [-0.25, -0.2) is 0 Å². The maximum Gasteiger partial charge on any atom is 0.294 e. The molecule has 0 bridgehead atoms. The smallest absolute Gasteiger partial charge is 0.294 e. The van der Waals surface area contributed by atoms with Crippen molar-refractivity contribution in [2.75, 3.05) is 18.5 Å². The summed E-state index contributed by atoms with van der Waals surface area (Å²) in [5.74, 6) is -0.211. The van der Waals surface area contributed by atoms with Gasteiger partial charge in [-0.2, -0.15) is 0 Å². The lowest BCUT2D eigenvalue weighted by Gasteiger charge is -2.15. The van der Waals surface area contributed by atoms with Crippen LogP contribution in [0.1, 0.15) is 16.7 Å². The van der Waals surface area contributed by atoms with Crippen molar-refractivity contribution in [3.63, 3.8) is 0 Å². The zero-order chi connectivity index (χ0) is 21.7. The third-order valence-corrected chi connectivity index (χ3v) is 5.37. The predicted octanol–water partition coefficient (Wildman–Crippen LogP) is 4.54. The number of hydrogen-bond donors (Lipinski definition) is 1. The summed E-state index contributed by atoms with van der Waals surface area (Å²) in [6.45, 7) is 7.45. The van der Waals surface area contributed by atoms with Crippen LogP contribution in [0.15, 0.2) is 60.0 Å². The van der Waals surface area contributed by atoms with Gasteiger partial charge in [0.2, 0.25) is 5.91 Å². The molecule has 3 amide bonds. The van der Waals surface area contributed by atoms with E-state index in [0.29, 0.717) is 18.0 Å². The molecule has 30 heavy (non-hydrogen) atoms. The fourth-order valence-electron chi connectivity index (χ4n) is 2.94. The van der Waals surface area contributed by atoms with Crippen molar-refractivity contribution < 1.29 is 19.1 Å². The Balaban J connectivity index is 1.67. The highest BCUT2D eigenvalue weighted by Gasteiger charge is 2.36. The minimum Gasteiger partial charge on any atom is -0.490 e. The van der Waals surface area contributed by atoms with Crippen LogP contribution in [0.2, 0.25) is 0 Å². The Morgan fingerprint density at radius 3 is 2.43 bits per heavy atom. The van der Waals surface area contributed by atoms with Crippen molar-refractivity contribution in [2.24, 2.45) is 0 Å². The summed E-state index contributed by atoms with van der Waals surface area (Å²) in [5, 5.41) is 2.34. The lowest BCUT2D eigenvalue weighted by atomic mass is 10.1. The molecule has 1 heterocycles. The van der Waals surface area contributed by atoms with Crippen LogP contribution in [0.5, 0.6) is 5.75 Å². The predicted molar refractivity (Wildman–Crippen MR) is 119 cm³/mol. The minimum atomic E-state index is -0.478. The van der Waals surface area contributed by atoms with Crippen LogP contribution in [0.25, 0.3) is 6.08 Å². The Morgan fingerprint density at radius 2 is 1.80 bits per heavy atom. The van der Waals surface area contributed by atoms with Crippen molar-refractivity contribution in [2.45, 2.75) is 13.8 Å². The molecule has 0 radical (unpaired) electrons. The first-order valence-corrected chi connectivity index (χ1v) is 10.2. The summed E-state index contributed by atoms with van der Waals surface area (Å²) >= 11 is 0.823. The van der Waals surface area contributed by atoms with E-state index in [-0.39, 0.29) is 11.4 Å². The molecule has 7 heteroatoms. The summed E-state index contributed by atoms with van der Waals surface area (Å²) in [7, 11) is 0. The van der Waals surface area contributed by atoms with Gasteiger partial charge in [-0.05, 0) is 60.5 Å². The van der Waals surface area contributed by atoms with Crippen LogP contribution in [0.4, 0.5) is 10.5 Å². The molecule has 2 aromatic carbocycles. The second-order valence-electron chi connectivity index (χ2n) is 6.75. The average Bonchev–Trinajstić information content (AvgIpc) is 2.97. The molecule has 3 rings (SSSR count). The highest BCUT2D eigenvalue weighted by Crippen LogP contribution is 2.32. The second-order valence-corrected chi connectivity index (χ2v) is 7.74. The van der Waals surface area contributed by atoms with Gasteiger partial charge in [-0.1, -0.05) is 43.0 Å². The highest BCUT2D eigenvalue weighted by atomic mass is 32.2. The molecule has 0 atom stereocenters. The van der Waals surface area contributed by atoms with Crippen LogP contribution in [0.3, 0.4) is 0 Å². The first-order chi connectivity index (χ1) is 14.4. The Hall–Kier alpha value is -3.32. The molecule has 1 N–H and O–H groups in total. The van der Waals surface area contributed by atoms with Crippen LogP contribution in [-0.2, 0) is 9.59 Å². The zero-order valence-electron chi connectivity index (χ0n) is 16.8. The number of imide groups is 1. The zero-order valence-corrected chi connectivity index (χ0v) is 17.6. The maximum atomic E-state index is 12.7. The van der Waals surface area contributed by atoms with Crippen molar-refractivity contribution in [3.05, 3.63) is 76.7 Å². The number of aryl methyl sites for hydroxylation is 2. The number of para-hydroxylation sites is 1. The van der Waals surface area contributed by atoms with Gasteiger partial charge in [0, 0.05) is 5.69 Å². The Labute approximate surface area is 179 Å². The summed E-state index contributed by atoms with van der Waals surface area (Å²) in [6.07, 6.45) is 3.28. The second kappa shape index (κ2) is 9.45. The van der Waals surface area contributed by atoms with Gasteiger partial charge in [-0.3, -0.25) is 19.3 Å². The van der Waals surface area contributed by atoms with Crippen molar-refractivity contribution in [1.82, 2.24) is 4.90 Å². The van der Waals surface area contributed by atoms with Crippen molar-refractivity contribution in [1.29, 1.82) is 0 Å². The molecule has 1 aliphatic rings. The van der Waals surface area contributed by atoms with Crippen LogP contribution < -0.4 is 10.1 Å². The van der Waals surface area contributed by atoms with E-state index in [4.69, 9.17) is 4.74 Å². The van der Waals surface area contributed by atoms with E-state index >= 15 is 0 Å². The number of carbonyl (C=O) groups excluding carboxylic acids is 3. The number of anilines is 1. The molecule has 1 aliphatic heterocycles. The average molecular weight is 423 g/mol. The number of carbonyl (C=O) groups is 3. The molecule has 0 spiro atoms. The van der Waals surface area contributed by atoms with Gasteiger partial charge in [0.25, 0.3) is 11.1 Å². The van der Waals surface area contributed by atoms with Gasteiger partial charge in [0.1, 0.15) is 18.9 Å². The summed E-state index contributed by atoms with van der Waals surface area (Å²) in [4.78, 5) is 38.6. The lowest BCUT2D eigenvalue weighted by molar-refractivity contribution is -0.127. The summed E-state index contributed by atoms with van der Waals surface area (Å²) in [5.41, 5.74) is 3.28. The molecule has 6 nitrogen and oxygen atoms in total. The number of nitrogens with zero attached hydrogens (tertiary/aromatic N) is 1. The van der Waals surface area contributed by atoms with Crippen molar-refractivity contribution >= 4 is 40.6 Å². The first kappa shape index (κ1) is 21.4. The molecule has 0 unspecified atom stereocenters. The van der Waals surface area contributed by atoms with Gasteiger partial charge in [0.05, 0.1) is 4.91 Å².